The third-order valence-electron chi connectivity index (χ3n) is 0.671. The van der Waals surface area contributed by atoms with E-state index in [1.165, 1.54) is 0 Å². The highest BCUT2D eigenvalue weighted by atomic mass is 31.2. The minimum absolute atomic E-state index is 0.409. The van der Waals surface area contributed by atoms with Crippen molar-refractivity contribution < 1.29 is 24.0 Å². The van der Waals surface area contributed by atoms with Crippen LogP contribution in [0, 0.1) is 0 Å². The normalized spacial score (nSPS) is 15.2. The number of nitrogens with two attached hydrogens (primary N) is 1. The van der Waals surface area contributed by atoms with Crippen LogP contribution in [0.1, 0.15) is 0 Å². The molecular weight excluding hydrogens is 161 g/mol. The second kappa shape index (κ2) is 4.02. The van der Waals surface area contributed by atoms with Crippen molar-refractivity contribution in [3.05, 3.63) is 0 Å². The van der Waals surface area contributed by atoms with Crippen molar-refractivity contribution in [1.82, 2.24) is 0 Å². The van der Waals surface area contributed by atoms with Crippen LogP contribution in [-0.2, 0) is 14.2 Å². The Balaban J connectivity index is 3.46. The lowest BCUT2D eigenvalue weighted by Gasteiger charge is -2.07. The lowest BCUT2D eigenvalue weighted by Crippen LogP contribution is -2.28. The van der Waals surface area contributed by atoms with Crippen LogP contribution in [-0.4, -0.2) is 29.0 Å². The summed E-state index contributed by atoms with van der Waals surface area (Å²) in [5.74, 6) is 0. The maximum Gasteiger partial charge on any atom is 0.469 e. The molecule has 0 aromatic carbocycles. The van der Waals surface area contributed by atoms with Gasteiger partial charge < -0.3 is 15.5 Å². The minimum atomic E-state index is -4.45. The third kappa shape index (κ3) is 6.15. The Morgan fingerprint density at radius 1 is 1.60 bits per heavy atom. The molecule has 0 rings (SSSR count). The number of hydrogen-bond acceptors (Lipinski definition) is 3. The first kappa shape index (κ1) is 10.0. The highest BCUT2D eigenvalue weighted by molar-refractivity contribution is 7.46. The molecule has 1 atom stereocenters. The zero-order valence-corrected chi connectivity index (χ0v) is 6.03. The van der Waals surface area contributed by atoms with E-state index in [0.29, 0.717) is 0 Å². The Bertz CT molecular complexity index is 133. The molecule has 0 aromatic heterocycles. The largest absolute Gasteiger partial charge is 0.469 e. The lowest BCUT2D eigenvalue weighted by atomic mass is 10.4. The van der Waals surface area contributed by atoms with Crippen molar-refractivity contribution in [2.75, 3.05) is 13.2 Å². The summed E-state index contributed by atoms with van der Waals surface area (Å²) in [5, 5.41) is 9.89. The van der Waals surface area contributed by atoms with E-state index >= 15 is 0 Å². The SMILES string of the molecule is N[C@H](C[O])COP(=O)(O)O. The fourth-order valence-electron chi connectivity index (χ4n) is 0.241. The molecule has 0 aliphatic rings. The maximum absolute atomic E-state index is 9.97. The van der Waals surface area contributed by atoms with E-state index in [4.69, 9.17) is 15.5 Å². The van der Waals surface area contributed by atoms with Gasteiger partial charge in [-0.15, -0.1) is 0 Å². The second-order valence-corrected chi connectivity index (χ2v) is 2.95. The summed E-state index contributed by atoms with van der Waals surface area (Å²) >= 11 is 0. The topological polar surface area (TPSA) is 113 Å². The van der Waals surface area contributed by atoms with Gasteiger partial charge in [-0.05, 0) is 0 Å². The van der Waals surface area contributed by atoms with Crippen molar-refractivity contribution in [1.29, 1.82) is 0 Å². The minimum Gasteiger partial charge on any atom is -0.324 e. The van der Waals surface area contributed by atoms with Crippen LogP contribution in [0.2, 0.25) is 0 Å². The van der Waals surface area contributed by atoms with E-state index in [9.17, 15) is 9.67 Å². The number of phosphoric acid groups is 1. The fraction of sp³-hybridized carbons (Fsp3) is 1.00. The van der Waals surface area contributed by atoms with Gasteiger partial charge in [0.2, 0.25) is 0 Å². The van der Waals surface area contributed by atoms with Gasteiger partial charge in [-0.2, -0.15) is 0 Å². The van der Waals surface area contributed by atoms with Crippen LogP contribution >= 0.6 is 7.82 Å². The van der Waals surface area contributed by atoms with Gasteiger partial charge in [0, 0.05) is 0 Å². The predicted molar refractivity (Wildman–Crippen MR) is 31.5 cm³/mol. The van der Waals surface area contributed by atoms with E-state index < -0.39 is 27.1 Å². The molecule has 6 nitrogen and oxygen atoms in total. The quantitative estimate of drug-likeness (QED) is 0.461. The van der Waals surface area contributed by atoms with Crippen LogP contribution < -0.4 is 5.73 Å². The van der Waals surface area contributed by atoms with Crippen molar-refractivity contribution in [2.24, 2.45) is 5.73 Å². The first-order valence-corrected chi connectivity index (χ1v) is 4.02. The smallest absolute Gasteiger partial charge is 0.324 e. The van der Waals surface area contributed by atoms with Gasteiger partial charge in [-0.25, -0.2) is 9.67 Å². The summed E-state index contributed by atoms with van der Waals surface area (Å²) in [6.07, 6.45) is 0. The zero-order chi connectivity index (χ0) is 8.20. The molecule has 4 N–H and O–H groups in total. The predicted octanol–water partition coefficient (Wildman–Crippen LogP) is -1.15. The molecule has 1 radical (unpaired) electrons. The molecule has 0 aliphatic carbocycles. The second-order valence-electron chi connectivity index (χ2n) is 1.71. The zero-order valence-electron chi connectivity index (χ0n) is 5.14. The van der Waals surface area contributed by atoms with Crippen molar-refractivity contribution in [3.8, 4) is 0 Å². The van der Waals surface area contributed by atoms with Gasteiger partial charge in [0.1, 0.15) is 0 Å². The molecule has 0 saturated carbocycles. The third-order valence-corrected chi connectivity index (χ3v) is 1.16. The molecule has 0 aliphatic heterocycles. The van der Waals surface area contributed by atoms with Crippen molar-refractivity contribution >= 4 is 7.82 Å². The summed E-state index contributed by atoms with van der Waals surface area (Å²) in [6.45, 7) is -1.02. The molecule has 0 heterocycles. The van der Waals surface area contributed by atoms with E-state index in [2.05, 4.69) is 4.52 Å². The van der Waals surface area contributed by atoms with Gasteiger partial charge in [0.15, 0.2) is 0 Å². The first-order valence-electron chi connectivity index (χ1n) is 2.49. The summed E-state index contributed by atoms with van der Waals surface area (Å²) in [5.41, 5.74) is 5.00. The summed E-state index contributed by atoms with van der Waals surface area (Å²) in [4.78, 5) is 16.2. The maximum atomic E-state index is 9.97. The molecule has 0 fully saturated rings. The number of phosphoric ester groups is 1. The van der Waals surface area contributed by atoms with Gasteiger partial charge in [-0.1, -0.05) is 0 Å². The van der Waals surface area contributed by atoms with Crippen LogP contribution in [0.5, 0.6) is 0 Å². The molecule has 7 heteroatoms. The van der Waals surface area contributed by atoms with E-state index in [1.54, 1.807) is 0 Å². The summed E-state index contributed by atoms with van der Waals surface area (Å²) in [6, 6.07) is -0.854. The Kier molecular flexibility index (Phi) is 4.04. The van der Waals surface area contributed by atoms with E-state index in [1.807, 2.05) is 0 Å². The fourth-order valence-corrected chi connectivity index (χ4v) is 0.627. The molecule has 0 amide bonds. The molecule has 0 unspecified atom stereocenters. The molecule has 61 valence electrons. The highest BCUT2D eigenvalue weighted by Crippen LogP contribution is 2.35. The monoisotopic (exact) mass is 170 g/mol. The summed E-state index contributed by atoms with van der Waals surface area (Å²) in [7, 11) is -4.45. The molecule has 10 heavy (non-hydrogen) atoms. The molecule has 0 spiro atoms. The Labute approximate surface area is 57.9 Å². The van der Waals surface area contributed by atoms with Crippen molar-refractivity contribution in [2.45, 2.75) is 6.04 Å². The van der Waals surface area contributed by atoms with E-state index in [-0.39, 0.29) is 0 Å². The van der Waals surface area contributed by atoms with Crippen LogP contribution in [0.25, 0.3) is 0 Å². The Morgan fingerprint density at radius 2 is 2.10 bits per heavy atom. The molecular formula is C3H9NO5P. The lowest BCUT2D eigenvalue weighted by molar-refractivity contribution is 0.126. The first-order chi connectivity index (χ1) is 4.45. The Morgan fingerprint density at radius 3 is 2.40 bits per heavy atom. The van der Waals surface area contributed by atoms with Crippen LogP contribution in [0.15, 0.2) is 0 Å². The molecule has 0 aromatic rings. The molecule has 0 bridgehead atoms. The Hall–Kier alpha value is 0.0300. The van der Waals surface area contributed by atoms with Crippen LogP contribution in [0.3, 0.4) is 0 Å². The van der Waals surface area contributed by atoms with Gasteiger partial charge >= 0.3 is 7.82 Å². The highest BCUT2D eigenvalue weighted by Gasteiger charge is 2.15. The van der Waals surface area contributed by atoms with Gasteiger partial charge in [0.05, 0.1) is 19.3 Å². The van der Waals surface area contributed by atoms with Crippen molar-refractivity contribution in [3.63, 3.8) is 0 Å². The standard InChI is InChI=1S/C3H9NO5P/c4-3(1-5)2-9-10(6,7)8/h3H,1-2,4H2,(H2,6,7,8)/t3-/m1/s1. The average Bonchev–Trinajstić information content (AvgIpc) is 1.81. The number of hydrogen-bond donors (Lipinski definition) is 3. The summed E-state index contributed by atoms with van der Waals surface area (Å²) < 4.78 is 13.9. The van der Waals surface area contributed by atoms with Gasteiger partial charge in [0.25, 0.3) is 0 Å². The average molecular weight is 170 g/mol. The molecule has 0 saturated heterocycles. The van der Waals surface area contributed by atoms with Crippen LogP contribution in [0.4, 0.5) is 0 Å². The number of rotatable bonds is 4. The van der Waals surface area contributed by atoms with E-state index in [0.717, 1.165) is 0 Å². The van der Waals surface area contributed by atoms with Gasteiger partial charge in [-0.3, -0.25) is 4.52 Å².